The molecule has 0 aromatic heterocycles. The first kappa shape index (κ1) is 25.4. The first-order valence-corrected chi connectivity index (χ1v) is 11.3. The number of allylic oxidation sites excluding steroid dienone is 1. The van der Waals surface area contributed by atoms with E-state index in [1.807, 2.05) is 0 Å². The summed E-state index contributed by atoms with van der Waals surface area (Å²) in [6, 6.07) is 3.37. The van der Waals surface area contributed by atoms with Gasteiger partial charge in [-0.15, -0.1) is 0 Å². The molecule has 1 aromatic rings. The lowest BCUT2D eigenvalue weighted by Gasteiger charge is -2.56. The Morgan fingerprint density at radius 3 is 2.39 bits per heavy atom. The van der Waals surface area contributed by atoms with Crippen LogP contribution in [-0.4, -0.2) is 81.1 Å². The van der Waals surface area contributed by atoms with Crippen molar-refractivity contribution in [2.45, 2.75) is 30.6 Å². The van der Waals surface area contributed by atoms with Gasteiger partial charge in [0.15, 0.2) is 34.7 Å². The molecule has 1 amide bonds. The Labute approximate surface area is 205 Å². The number of primary amides is 1. The maximum Gasteiger partial charge on any atom is 0.235 e. The summed E-state index contributed by atoms with van der Waals surface area (Å²) >= 11 is 0. The molecule has 3 aliphatic rings. The number of carbonyl (C=O) groups is 5. The molecule has 2 saturated carbocycles. The van der Waals surface area contributed by atoms with E-state index >= 15 is 0 Å². The number of hydrogen-bond donors (Lipinski definition) is 4. The van der Waals surface area contributed by atoms with Crippen molar-refractivity contribution in [3.05, 3.63) is 34.9 Å². The first-order valence-electron chi connectivity index (χ1n) is 11.3. The van der Waals surface area contributed by atoms with Crippen LogP contribution in [0.5, 0.6) is 5.75 Å². The second-order valence-electron chi connectivity index (χ2n) is 9.80. The van der Waals surface area contributed by atoms with Crippen LogP contribution in [0.3, 0.4) is 0 Å². The maximum atomic E-state index is 13.8. The van der Waals surface area contributed by atoms with Gasteiger partial charge in [-0.25, -0.2) is 0 Å². The predicted molar refractivity (Wildman–Crippen MR) is 122 cm³/mol. The smallest absolute Gasteiger partial charge is 0.235 e. The monoisotopic (exact) mass is 495 g/mol. The number of aliphatic hydroxyl groups excluding tert-OH is 1. The van der Waals surface area contributed by atoms with Gasteiger partial charge in [0.1, 0.15) is 5.75 Å². The molecule has 8 unspecified atom stereocenters. The lowest BCUT2D eigenvalue weighted by atomic mass is 9.49. The van der Waals surface area contributed by atoms with Crippen molar-refractivity contribution >= 4 is 35.1 Å². The van der Waals surface area contributed by atoms with E-state index in [4.69, 9.17) is 11.0 Å². The van der Waals surface area contributed by atoms with Gasteiger partial charge >= 0.3 is 0 Å². The van der Waals surface area contributed by atoms with Crippen molar-refractivity contribution in [1.82, 2.24) is 4.90 Å². The van der Waals surface area contributed by atoms with Crippen LogP contribution >= 0.6 is 0 Å². The third-order valence-electron chi connectivity index (χ3n) is 7.86. The summed E-state index contributed by atoms with van der Waals surface area (Å²) < 4.78 is 0. The van der Waals surface area contributed by atoms with E-state index < -0.39 is 82.1 Å². The average Bonchev–Trinajstić information content (AvgIpc) is 2.80. The van der Waals surface area contributed by atoms with Gasteiger partial charge in [0.2, 0.25) is 5.91 Å². The summed E-state index contributed by atoms with van der Waals surface area (Å²) in [5.74, 6) is -13.8. The zero-order valence-electron chi connectivity index (χ0n) is 19.7. The van der Waals surface area contributed by atoms with Crippen molar-refractivity contribution in [2.75, 3.05) is 14.1 Å². The molecule has 4 rings (SSSR count). The van der Waals surface area contributed by atoms with E-state index in [0.717, 1.165) is 6.08 Å². The average molecular weight is 495 g/mol. The molecule has 2 fully saturated rings. The van der Waals surface area contributed by atoms with Crippen molar-refractivity contribution < 1.29 is 39.3 Å². The minimum atomic E-state index is -3.04. The van der Waals surface area contributed by atoms with Gasteiger partial charge in [0.25, 0.3) is 0 Å². The molecule has 0 saturated heterocycles. The number of carbonyl (C=O) groups excluding carboxylic acids is 5. The Kier molecular flexibility index (Phi) is 5.95. The zero-order valence-corrected chi connectivity index (χ0v) is 19.7. The predicted octanol–water partition coefficient (Wildman–Crippen LogP) is -1.06. The maximum absolute atomic E-state index is 13.8. The van der Waals surface area contributed by atoms with Crippen molar-refractivity contribution in [3.63, 3.8) is 0 Å². The Balaban J connectivity index is 1.95. The molecule has 11 heteroatoms. The Morgan fingerprint density at radius 1 is 1.19 bits per heavy atom. The van der Waals surface area contributed by atoms with Crippen LogP contribution in [0.25, 0.3) is 6.08 Å². The van der Waals surface area contributed by atoms with E-state index in [1.54, 1.807) is 13.0 Å². The number of phenolic OH excluding ortho intramolecular Hbond substituents is 1. The van der Waals surface area contributed by atoms with Gasteiger partial charge in [-0.1, -0.05) is 19.1 Å². The summed E-state index contributed by atoms with van der Waals surface area (Å²) in [7, 11) is 2.86. The number of nitrogens with zero attached hydrogens (tertiary/aromatic N) is 2. The van der Waals surface area contributed by atoms with Gasteiger partial charge in [0, 0.05) is 17.6 Å². The largest absolute Gasteiger partial charge is 0.507 e. The molecule has 0 bridgehead atoms. The molecular formula is C25H25N3O8. The van der Waals surface area contributed by atoms with Crippen LogP contribution in [0.2, 0.25) is 0 Å². The van der Waals surface area contributed by atoms with Crippen LogP contribution in [0.1, 0.15) is 34.3 Å². The van der Waals surface area contributed by atoms with Gasteiger partial charge in [-0.05, 0) is 31.7 Å². The Bertz CT molecular complexity index is 1290. The normalized spacial score (nSPS) is 35.9. The lowest BCUT2D eigenvalue weighted by molar-refractivity contribution is -0.196. The number of rotatable bonds is 3. The number of aromatic hydroxyl groups is 1. The molecular weight excluding hydrogens is 470 g/mol. The van der Waals surface area contributed by atoms with Crippen LogP contribution in [0.4, 0.5) is 0 Å². The number of nitriles is 1. The van der Waals surface area contributed by atoms with Crippen molar-refractivity contribution in [3.8, 4) is 11.8 Å². The number of Topliss-reactive ketones (excluding diaryl/α,β-unsaturated/α-hetero) is 4. The summed E-state index contributed by atoms with van der Waals surface area (Å²) in [6.07, 6.45) is 0.683. The summed E-state index contributed by atoms with van der Waals surface area (Å²) in [5, 5.41) is 42.7. The van der Waals surface area contributed by atoms with Crippen molar-refractivity contribution in [2.24, 2.45) is 29.4 Å². The van der Waals surface area contributed by atoms with Crippen LogP contribution in [-0.2, 0) is 19.2 Å². The summed E-state index contributed by atoms with van der Waals surface area (Å²) in [5.41, 5.74) is 2.48. The molecule has 5 N–H and O–H groups in total. The minimum absolute atomic E-state index is 0.135. The highest BCUT2D eigenvalue weighted by atomic mass is 16.3. The molecule has 8 atom stereocenters. The lowest BCUT2D eigenvalue weighted by Crippen LogP contribution is -2.77. The number of benzene rings is 1. The van der Waals surface area contributed by atoms with Gasteiger partial charge in [-0.3, -0.25) is 28.9 Å². The van der Waals surface area contributed by atoms with E-state index in [0.29, 0.717) is 5.56 Å². The first-order chi connectivity index (χ1) is 16.8. The molecule has 188 valence electrons. The second kappa shape index (κ2) is 8.44. The Hall–Kier alpha value is -3.72. The zero-order chi connectivity index (χ0) is 26.9. The quantitative estimate of drug-likeness (QED) is 0.296. The van der Waals surface area contributed by atoms with Gasteiger partial charge in [-0.2, -0.15) is 5.26 Å². The molecule has 0 radical (unpaired) electrons. The Morgan fingerprint density at radius 2 is 1.83 bits per heavy atom. The second-order valence-corrected chi connectivity index (χ2v) is 9.80. The number of aliphatic hydroxyl groups is 2. The fourth-order valence-corrected chi connectivity index (χ4v) is 6.27. The number of ketones is 4. The van der Waals surface area contributed by atoms with Crippen molar-refractivity contribution in [1.29, 1.82) is 5.26 Å². The highest BCUT2D eigenvalue weighted by Crippen LogP contribution is 2.54. The molecule has 11 nitrogen and oxygen atoms in total. The minimum Gasteiger partial charge on any atom is -0.507 e. The summed E-state index contributed by atoms with van der Waals surface area (Å²) in [4.78, 5) is 67.2. The van der Waals surface area contributed by atoms with Crippen LogP contribution < -0.4 is 5.73 Å². The molecule has 0 heterocycles. The highest BCUT2D eigenvalue weighted by Gasteiger charge is 2.72. The highest BCUT2D eigenvalue weighted by molar-refractivity contribution is 6.32. The number of nitrogens with two attached hydrogens (primary N) is 1. The molecule has 1 aromatic carbocycles. The van der Waals surface area contributed by atoms with Crippen LogP contribution in [0, 0.1) is 35.0 Å². The number of phenols is 1. The third-order valence-corrected chi connectivity index (χ3v) is 7.86. The van der Waals surface area contributed by atoms with E-state index in [1.165, 1.54) is 37.2 Å². The van der Waals surface area contributed by atoms with Gasteiger partial charge < -0.3 is 21.1 Å². The molecule has 3 aliphatic carbocycles. The molecule has 36 heavy (non-hydrogen) atoms. The number of amides is 1. The van der Waals surface area contributed by atoms with E-state index in [2.05, 4.69) is 0 Å². The number of fused-ring (bicyclic) bond motifs is 3. The SMILES string of the molecule is CC1c2ccc(/C=C/C#N)c(O)c2C(=O)C2C(=O)C3(O)C(=O)C(C(N)=O)C(=O)C(N(C)C)C3C(O)C21. The topological polar surface area (TPSA) is 199 Å². The van der Waals surface area contributed by atoms with E-state index in [-0.39, 0.29) is 11.1 Å². The number of likely N-dealkylation sites (N-methyl/N-ethyl adjacent to an activating group) is 1. The fourth-order valence-electron chi connectivity index (χ4n) is 6.27. The third kappa shape index (κ3) is 3.12. The van der Waals surface area contributed by atoms with E-state index in [9.17, 15) is 39.3 Å². The van der Waals surface area contributed by atoms with Crippen LogP contribution in [0.15, 0.2) is 18.2 Å². The standard InChI is InChI=1S/C25H25N3O8/c1-9-11-7-6-10(5-4-8-26)18(29)13(11)19(30)14-12(9)20(31)16-17(28(2)3)21(32)15(24(27)35)23(34)25(16,36)22(14)33/h4-7,9,12,14-17,20,29,31,36H,1-3H3,(H2,27,35)/b5-4+. The molecule has 0 aliphatic heterocycles. The summed E-state index contributed by atoms with van der Waals surface area (Å²) in [6.45, 7) is 1.62. The van der Waals surface area contributed by atoms with Gasteiger partial charge in [0.05, 0.1) is 35.6 Å². The molecule has 0 spiro atoms. The number of hydrogen-bond acceptors (Lipinski definition) is 10. The fraction of sp³-hybridized carbons (Fsp3) is 0.440.